The number of hydrazine groups is 1. The van der Waals surface area contributed by atoms with Crippen LogP contribution in [0, 0.1) is 0 Å². The lowest BCUT2D eigenvalue weighted by Crippen LogP contribution is -2.29. The van der Waals surface area contributed by atoms with Gasteiger partial charge in [-0.3, -0.25) is 5.84 Å². The summed E-state index contributed by atoms with van der Waals surface area (Å²) in [7, 11) is 0. The molecule has 0 aliphatic heterocycles. The molecule has 0 amide bonds. The summed E-state index contributed by atoms with van der Waals surface area (Å²) in [5, 5.41) is 4.47. The van der Waals surface area contributed by atoms with Gasteiger partial charge in [-0.2, -0.15) is 5.10 Å². The van der Waals surface area contributed by atoms with Gasteiger partial charge in [-0.05, 0) is 37.8 Å². The maximum atomic E-state index is 5.81. The van der Waals surface area contributed by atoms with Crippen molar-refractivity contribution in [3.63, 3.8) is 0 Å². The SMILES string of the molecule is NNC(C1=CCCCCC1)c1cnn(-c2ccccc2)c1. The molecule has 4 nitrogen and oxygen atoms in total. The van der Waals surface area contributed by atoms with Crippen molar-refractivity contribution in [2.45, 2.75) is 38.1 Å². The molecule has 0 spiro atoms. The summed E-state index contributed by atoms with van der Waals surface area (Å²) < 4.78 is 1.90. The maximum absolute atomic E-state index is 5.81. The Morgan fingerprint density at radius 1 is 1.14 bits per heavy atom. The van der Waals surface area contributed by atoms with E-state index in [1.165, 1.54) is 24.8 Å². The molecule has 1 aromatic carbocycles. The van der Waals surface area contributed by atoms with Crippen LogP contribution in [0.15, 0.2) is 54.4 Å². The van der Waals surface area contributed by atoms with E-state index in [4.69, 9.17) is 5.84 Å². The van der Waals surface area contributed by atoms with Gasteiger partial charge in [0.1, 0.15) is 0 Å². The molecule has 2 aromatic rings. The van der Waals surface area contributed by atoms with Gasteiger partial charge in [0.15, 0.2) is 0 Å². The van der Waals surface area contributed by atoms with Crippen LogP contribution in [0.25, 0.3) is 5.69 Å². The molecule has 110 valence electrons. The Kier molecular flexibility index (Phi) is 4.48. The lowest BCUT2D eigenvalue weighted by atomic mass is 9.98. The second-order valence-electron chi connectivity index (χ2n) is 5.53. The molecule has 1 aliphatic carbocycles. The Bertz CT molecular complexity index is 600. The number of allylic oxidation sites excluding steroid dienone is 1. The van der Waals surface area contributed by atoms with Crippen molar-refractivity contribution in [2.24, 2.45) is 5.84 Å². The third-order valence-electron chi connectivity index (χ3n) is 4.07. The minimum atomic E-state index is 0.0700. The highest BCUT2D eigenvalue weighted by molar-refractivity contribution is 5.33. The monoisotopic (exact) mass is 282 g/mol. The summed E-state index contributed by atoms with van der Waals surface area (Å²) in [5.41, 5.74) is 6.53. The Hall–Kier alpha value is -1.91. The van der Waals surface area contributed by atoms with Gasteiger partial charge < -0.3 is 0 Å². The predicted octanol–water partition coefficient (Wildman–Crippen LogP) is 3.27. The van der Waals surface area contributed by atoms with Crippen LogP contribution in [-0.2, 0) is 0 Å². The first kappa shape index (κ1) is 14.0. The number of nitrogens with zero attached hydrogens (tertiary/aromatic N) is 2. The van der Waals surface area contributed by atoms with Gasteiger partial charge in [-0.25, -0.2) is 10.1 Å². The largest absolute Gasteiger partial charge is 0.271 e. The van der Waals surface area contributed by atoms with Crippen molar-refractivity contribution in [3.8, 4) is 5.69 Å². The predicted molar refractivity (Wildman–Crippen MR) is 84.8 cm³/mol. The minimum Gasteiger partial charge on any atom is -0.271 e. The molecule has 4 heteroatoms. The summed E-state index contributed by atoms with van der Waals surface area (Å²) >= 11 is 0. The highest BCUT2D eigenvalue weighted by atomic mass is 15.3. The third kappa shape index (κ3) is 3.23. The van der Waals surface area contributed by atoms with Crippen LogP contribution in [0.1, 0.15) is 43.7 Å². The Morgan fingerprint density at radius 2 is 2.00 bits per heavy atom. The van der Waals surface area contributed by atoms with Gasteiger partial charge in [0.2, 0.25) is 0 Å². The first-order valence-electron chi connectivity index (χ1n) is 7.63. The van der Waals surface area contributed by atoms with Crippen molar-refractivity contribution < 1.29 is 0 Å². The van der Waals surface area contributed by atoms with Crippen LogP contribution in [0.2, 0.25) is 0 Å². The molecule has 0 radical (unpaired) electrons. The molecule has 0 saturated heterocycles. The van der Waals surface area contributed by atoms with Gasteiger partial charge in [-0.1, -0.05) is 36.3 Å². The number of hydrogen-bond donors (Lipinski definition) is 2. The first-order chi connectivity index (χ1) is 10.4. The summed E-state index contributed by atoms with van der Waals surface area (Å²) in [6.45, 7) is 0. The highest BCUT2D eigenvalue weighted by Gasteiger charge is 2.18. The first-order valence-corrected chi connectivity index (χ1v) is 7.63. The zero-order valence-electron chi connectivity index (χ0n) is 12.2. The van der Waals surface area contributed by atoms with E-state index in [1.54, 1.807) is 0 Å². The third-order valence-corrected chi connectivity index (χ3v) is 4.07. The molecular formula is C17H22N4. The van der Waals surface area contributed by atoms with Crippen molar-refractivity contribution in [3.05, 3.63) is 59.9 Å². The molecule has 3 N–H and O–H groups in total. The number of rotatable bonds is 4. The van der Waals surface area contributed by atoms with E-state index < -0.39 is 0 Å². The van der Waals surface area contributed by atoms with E-state index >= 15 is 0 Å². The number of nitrogens with two attached hydrogens (primary N) is 1. The fourth-order valence-corrected chi connectivity index (χ4v) is 2.93. The van der Waals surface area contributed by atoms with Gasteiger partial charge >= 0.3 is 0 Å². The molecule has 1 heterocycles. The summed E-state index contributed by atoms with van der Waals surface area (Å²) in [6, 6.07) is 10.2. The molecule has 3 rings (SSSR count). The van der Waals surface area contributed by atoms with Gasteiger partial charge in [0, 0.05) is 11.8 Å². The molecule has 0 saturated carbocycles. The van der Waals surface area contributed by atoms with E-state index in [0.29, 0.717) is 0 Å². The van der Waals surface area contributed by atoms with E-state index in [-0.39, 0.29) is 6.04 Å². The van der Waals surface area contributed by atoms with Crippen molar-refractivity contribution in [1.29, 1.82) is 0 Å². The van der Waals surface area contributed by atoms with Crippen LogP contribution in [0.4, 0.5) is 0 Å². The van der Waals surface area contributed by atoms with Gasteiger partial charge in [-0.15, -0.1) is 0 Å². The average molecular weight is 282 g/mol. The van der Waals surface area contributed by atoms with E-state index in [9.17, 15) is 0 Å². The Morgan fingerprint density at radius 3 is 2.81 bits per heavy atom. The lowest BCUT2D eigenvalue weighted by Gasteiger charge is -2.17. The molecule has 1 atom stereocenters. The van der Waals surface area contributed by atoms with Crippen LogP contribution >= 0.6 is 0 Å². The molecule has 1 aromatic heterocycles. The minimum absolute atomic E-state index is 0.0700. The van der Waals surface area contributed by atoms with E-state index in [0.717, 1.165) is 24.1 Å². The van der Waals surface area contributed by atoms with Gasteiger partial charge in [0.05, 0.1) is 17.9 Å². The quantitative estimate of drug-likeness (QED) is 0.514. The fraction of sp³-hybridized carbons (Fsp3) is 0.353. The molecule has 21 heavy (non-hydrogen) atoms. The molecule has 1 unspecified atom stereocenters. The Balaban J connectivity index is 1.85. The van der Waals surface area contributed by atoms with Crippen molar-refractivity contribution in [2.75, 3.05) is 0 Å². The second kappa shape index (κ2) is 6.70. The number of aromatic nitrogens is 2. The topological polar surface area (TPSA) is 55.9 Å². The summed E-state index contributed by atoms with van der Waals surface area (Å²) in [5.74, 6) is 5.81. The zero-order valence-corrected chi connectivity index (χ0v) is 12.2. The number of para-hydroxylation sites is 1. The zero-order chi connectivity index (χ0) is 14.5. The van der Waals surface area contributed by atoms with Gasteiger partial charge in [0.25, 0.3) is 0 Å². The lowest BCUT2D eigenvalue weighted by molar-refractivity contribution is 0.593. The second-order valence-corrected chi connectivity index (χ2v) is 5.53. The summed E-state index contributed by atoms with van der Waals surface area (Å²) in [6.07, 6.45) is 12.4. The maximum Gasteiger partial charge on any atom is 0.0700 e. The van der Waals surface area contributed by atoms with E-state index in [2.05, 4.69) is 22.8 Å². The van der Waals surface area contributed by atoms with E-state index in [1.807, 2.05) is 41.2 Å². The number of nitrogens with one attached hydrogen (secondary N) is 1. The molecular weight excluding hydrogens is 260 g/mol. The average Bonchev–Trinajstić information content (AvgIpc) is 2.86. The molecule has 1 aliphatic rings. The smallest absolute Gasteiger partial charge is 0.0700 e. The standard InChI is InChI=1S/C17H22N4/c18-20-17(14-8-4-1-2-5-9-14)15-12-19-21(13-15)16-10-6-3-7-11-16/h3,6-8,10-13,17,20H,1-2,4-5,9,18H2. The van der Waals surface area contributed by atoms with Crippen LogP contribution < -0.4 is 11.3 Å². The highest BCUT2D eigenvalue weighted by Crippen LogP contribution is 2.28. The van der Waals surface area contributed by atoms with Crippen LogP contribution in [0.5, 0.6) is 0 Å². The number of hydrogen-bond acceptors (Lipinski definition) is 3. The van der Waals surface area contributed by atoms with Crippen LogP contribution in [-0.4, -0.2) is 9.78 Å². The summed E-state index contributed by atoms with van der Waals surface area (Å²) in [4.78, 5) is 0. The molecule has 0 fully saturated rings. The van der Waals surface area contributed by atoms with Crippen molar-refractivity contribution >= 4 is 0 Å². The van der Waals surface area contributed by atoms with Crippen molar-refractivity contribution in [1.82, 2.24) is 15.2 Å². The Labute approximate surface area is 125 Å². The number of benzene rings is 1. The van der Waals surface area contributed by atoms with Crippen LogP contribution in [0.3, 0.4) is 0 Å². The molecule has 0 bridgehead atoms. The normalized spacial score (nSPS) is 17.1. The fourth-order valence-electron chi connectivity index (χ4n) is 2.93.